The highest BCUT2D eigenvalue weighted by Crippen LogP contribution is 2.22. The van der Waals surface area contributed by atoms with E-state index in [1.54, 1.807) is 12.1 Å². The summed E-state index contributed by atoms with van der Waals surface area (Å²) in [7, 11) is -4.04. The average molecular weight is 533 g/mol. The van der Waals surface area contributed by atoms with E-state index in [4.69, 9.17) is 11.6 Å². The highest BCUT2D eigenvalue weighted by molar-refractivity contribution is 9.10. The molecule has 3 rings (SSSR count). The summed E-state index contributed by atoms with van der Waals surface area (Å²) in [5, 5.41) is 2.47. The molecule has 0 aliphatic rings. The van der Waals surface area contributed by atoms with Gasteiger partial charge in [-0.25, -0.2) is 17.8 Å². The van der Waals surface area contributed by atoms with E-state index >= 15 is 0 Å². The third kappa shape index (κ3) is 5.28. The minimum atomic E-state index is -4.04. The molecule has 0 bridgehead atoms. The molecule has 0 aliphatic carbocycles. The molecule has 1 amide bonds. The molecular weight excluding hydrogens is 521 g/mol. The van der Waals surface area contributed by atoms with Crippen LogP contribution in [0.3, 0.4) is 0 Å². The van der Waals surface area contributed by atoms with E-state index in [0.717, 1.165) is 24.0 Å². The lowest BCUT2D eigenvalue weighted by Crippen LogP contribution is -2.20. The highest BCUT2D eigenvalue weighted by Gasteiger charge is 2.22. The Hall–Kier alpha value is -2.21. The van der Waals surface area contributed by atoms with Crippen molar-refractivity contribution < 1.29 is 17.6 Å². The zero-order valence-electron chi connectivity index (χ0n) is 14.9. The van der Waals surface area contributed by atoms with Gasteiger partial charge in [0.05, 0.1) is 21.9 Å². The van der Waals surface area contributed by atoms with Crippen molar-refractivity contribution in [2.24, 2.45) is 0 Å². The van der Waals surface area contributed by atoms with Crippen molar-refractivity contribution in [2.75, 3.05) is 11.1 Å². The second-order valence-corrected chi connectivity index (χ2v) is 10.0. The summed E-state index contributed by atoms with van der Waals surface area (Å²) in [6.07, 6.45) is 0.955. The summed E-state index contributed by atoms with van der Waals surface area (Å²) in [5.74, 6) is -1.18. The van der Waals surface area contributed by atoms with Crippen LogP contribution in [-0.2, 0) is 14.6 Å². The number of rotatable bonds is 6. The first kappa shape index (κ1) is 22.5. The van der Waals surface area contributed by atoms with Crippen molar-refractivity contribution in [3.05, 3.63) is 74.3 Å². The third-order valence-corrected chi connectivity index (χ3v) is 7.17. The maximum Gasteiger partial charge on any atom is 0.270 e. The predicted molar refractivity (Wildman–Crippen MR) is 115 cm³/mol. The number of amides is 1. The van der Waals surface area contributed by atoms with Crippen LogP contribution in [0.25, 0.3) is 0 Å². The van der Waals surface area contributed by atoms with E-state index in [1.807, 2.05) is 0 Å². The number of benzene rings is 2. The Balaban J connectivity index is 1.69. The SMILES string of the molecule is O=C(CSc1ncc(S(=O)(=O)c2ccc(Br)cc2)c(=O)[nH]1)Nc1ccc(F)c(Cl)c1. The van der Waals surface area contributed by atoms with Crippen molar-refractivity contribution in [1.82, 2.24) is 9.97 Å². The lowest BCUT2D eigenvalue weighted by molar-refractivity contribution is -0.113. The first-order chi connectivity index (χ1) is 14.2. The molecule has 0 saturated carbocycles. The van der Waals surface area contributed by atoms with Crippen LogP contribution in [-0.4, -0.2) is 30.0 Å². The summed E-state index contributed by atoms with van der Waals surface area (Å²) in [4.78, 5) is 30.0. The number of sulfone groups is 1. The largest absolute Gasteiger partial charge is 0.325 e. The van der Waals surface area contributed by atoms with Crippen LogP contribution in [0.1, 0.15) is 0 Å². The molecule has 0 radical (unpaired) electrons. The lowest BCUT2D eigenvalue weighted by atomic mass is 10.3. The Kier molecular flexibility index (Phi) is 6.96. The standard InChI is InChI=1S/C18H12BrClFN3O4S2/c19-10-1-4-12(5-2-10)30(27,28)15-8-22-18(24-17(15)26)29-9-16(25)23-11-3-6-14(21)13(20)7-11/h1-8H,9H2,(H,23,25)(H,22,24,26). The molecule has 0 atom stereocenters. The summed E-state index contributed by atoms with van der Waals surface area (Å²) >= 11 is 9.77. The summed E-state index contributed by atoms with van der Waals surface area (Å²) < 4.78 is 39.1. The molecule has 0 unspecified atom stereocenters. The molecule has 1 heterocycles. The van der Waals surface area contributed by atoms with Crippen molar-refractivity contribution >= 4 is 60.7 Å². The number of hydrogen-bond donors (Lipinski definition) is 2. The van der Waals surface area contributed by atoms with E-state index < -0.39 is 32.0 Å². The van der Waals surface area contributed by atoms with Crippen LogP contribution in [0.5, 0.6) is 0 Å². The highest BCUT2D eigenvalue weighted by atomic mass is 79.9. The average Bonchev–Trinajstić information content (AvgIpc) is 2.69. The number of anilines is 1. The Morgan fingerprint density at radius 1 is 1.23 bits per heavy atom. The number of halogens is 3. The van der Waals surface area contributed by atoms with Gasteiger partial charge in [-0.05, 0) is 42.5 Å². The third-order valence-electron chi connectivity index (χ3n) is 3.70. The minimum absolute atomic E-state index is 0.0456. The number of aromatic nitrogens is 2. The van der Waals surface area contributed by atoms with Crippen molar-refractivity contribution in [3.8, 4) is 0 Å². The lowest BCUT2D eigenvalue weighted by Gasteiger charge is -2.07. The van der Waals surface area contributed by atoms with Gasteiger partial charge in [0.2, 0.25) is 15.7 Å². The van der Waals surface area contributed by atoms with Crippen LogP contribution in [0.4, 0.5) is 10.1 Å². The van der Waals surface area contributed by atoms with Gasteiger partial charge in [0, 0.05) is 10.2 Å². The van der Waals surface area contributed by atoms with Crippen LogP contribution < -0.4 is 10.9 Å². The Labute approximate surface area is 188 Å². The van der Waals surface area contributed by atoms with Crippen molar-refractivity contribution in [2.45, 2.75) is 14.9 Å². The normalized spacial score (nSPS) is 11.3. The molecule has 12 heteroatoms. The number of nitrogens with one attached hydrogen (secondary N) is 2. The number of H-pyrrole nitrogens is 1. The number of carbonyl (C=O) groups is 1. The fourth-order valence-electron chi connectivity index (χ4n) is 2.28. The molecule has 156 valence electrons. The number of thioether (sulfide) groups is 1. The van der Waals surface area contributed by atoms with Gasteiger partial charge < -0.3 is 10.3 Å². The summed E-state index contributed by atoms with van der Waals surface area (Å²) in [6.45, 7) is 0. The fourth-order valence-corrected chi connectivity index (χ4v) is 4.59. The number of nitrogens with zero attached hydrogens (tertiary/aromatic N) is 1. The first-order valence-corrected chi connectivity index (χ1v) is 11.8. The van der Waals surface area contributed by atoms with Gasteiger partial charge in [0.25, 0.3) is 5.56 Å². The minimum Gasteiger partial charge on any atom is -0.325 e. The van der Waals surface area contributed by atoms with E-state index in [1.165, 1.54) is 24.3 Å². The second kappa shape index (κ2) is 9.29. The quantitative estimate of drug-likeness (QED) is 0.368. The maximum atomic E-state index is 13.2. The van der Waals surface area contributed by atoms with E-state index in [0.29, 0.717) is 10.2 Å². The van der Waals surface area contributed by atoms with Gasteiger partial charge in [-0.3, -0.25) is 9.59 Å². The zero-order chi connectivity index (χ0) is 21.9. The van der Waals surface area contributed by atoms with E-state index in [9.17, 15) is 22.4 Å². The maximum absolute atomic E-state index is 13.2. The molecule has 0 spiro atoms. The van der Waals surface area contributed by atoms with Gasteiger partial charge in [0.1, 0.15) is 5.82 Å². The number of carbonyl (C=O) groups excluding carboxylic acids is 1. The van der Waals surface area contributed by atoms with Crippen molar-refractivity contribution in [3.63, 3.8) is 0 Å². The summed E-state index contributed by atoms with van der Waals surface area (Å²) in [6, 6.07) is 9.57. The van der Waals surface area contributed by atoms with Gasteiger partial charge in [-0.15, -0.1) is 0 Å². The van der Waals surface area contributed by atoms with Gasteiger partial charge in [-0.2, -0.15) is 0 Å². The molecular formula is C18H12BrClFN3O4S2. The molecule has 0 aliphatic heterocycles. The molecule has 7 nitrogen and oxygen atoms in total. The number of hydrogen-bond acceptors (Lipinski definition) is 6. The monoisotopic (exact) mass is 531 g/mol. The molecule has 30 heavy (non-hydrogen) atoms. The fraction of sp³-hybridized carbons (Fsp3) is 0.0556. The molecule has 3 aromatic rings. The topological polar surface area (TPSA) is 109 Å². The van der Waals surface area contributed by atoms with Crippen molar-refractivity contribution in [1.29, 1.82) is 0 Å². The zero-order valence-corrected chi connectivity index (χ0v) is 18.8. The molecule has 2 N–H and O–H groups in total. The van der Waals surface area contributed by atoms with Gasteiger partial charge in [0.15, 0.2) is 10.1 Å². The first-order valence-electron chi connectivity index (χ1n) is 8.14. The van der Waals surface area contributed by atoms with Crippen LogP contribution >= 0.6 is 39.3 Å². The Morgan fingerprint density at radius 2 is 1.93 bits per heavy atom. The van der Waals surface area contributed by atoms with E-state index in [2.05, 4.69) is 31.2 Å². The molecule has 0 fully saturated rings. The predicted octanol–water partition coefficient (Wildman–Crippen LogP) is 3.89. The molecule has 2 aromatic carbocycles. The molecule has 0 saturated heterocycles. The van der Waals surface area contributed by atoms with Crippen LogP contribution in [0.2, 0.25) is 5.02 Å². The number of aromatic amines is 1. The molecule has 1 aromatic heterocycles. The van der Waals surface area contributed by atoms with Crippen LogP contribution in [0.15, 0.2) is 72.9 Å². The van der Waals surface area contributed by atoms with Gasteiger partial charge in [-0.1, -0.05) is 39.3 Å². The second-order valence-electron chi connectivity index (χ2n) is 5.80. The van der Waals surface area contributed by atoms with Gasteiger partial charge >= 0.3 is 0 Å². The Bertz CT molecular complexity index is 1270. The Morgan fingerprint density at radius 3 is 2.57 bits per heavy atom. The smallest absolute Gasteiger partial charge is 0.270 e. The van der Waals surface area contributed by atoms with Crippen LogP contribution in [0, 0.1) is 5.82 Å². The van der Waals surface area contributed by atoms with E-state index in [-0.39, 0.29) is 20.8 Å². The summed E-state index contributed by atoms with van der Waals surface area (Å²) in [5.41, 5.74) is -0.537.